The first-order chi connectivity index (χ1) is 11.4. The highest BCUT2D eigenvalue weighted by molar-refractivity contribution is 6.31. The molecule has 2 aromatic rings. The van der Waals surface area contributed by atoms with Gasteiger partial charge < -0.3 is 10.1 Å². The number of benzene rings is 2. The molecule has 126 valence electrons. The molecule has 0 aliphatic heterocycles. The Bertz CT molecular complexity index is 767. The molecule has 0 saturated carbocycles. The molecule has 0 bridgehead atoms. The Balaban J connectivity index is 1.93. The average molecular weight is 370 g/mol. The van der Waals surface area contributed by atoms with Crippen molar-refractivity contribution in [3.63, 3.8) is 0 Å². The van der Waals surface area contributed by atoms with Gasteiger partial charge in [0.15, 0.2) is 6.10 Å². The van der Waals surface area contributed by atoms with Crippen LogP contribution in [0, 0.1) is 5.82 Å². The Labute approximate surface area is 148 Å². The lowest BCUT2D eigenvalue weighted by atomic mass is 10.1. The van der Waals surface area contributed by atoms with E-state index in [1.807, 2.05) is 0 Å². The number of amides is 1. The van der Waals surface area contributed by atoms with Gasteiger partial charge in [0.25, 0.3) is 5.91 Å². The number of hydrogen-bond donors (Lipinski definition) is 1. The molecule has 0 unspecified atom stereocenters. The molecule has 0 radical (unpaired) electrons. The number of ether oxygens (including phenoxy) is 1. The molecule has 0 heterocycles. The van der Waals surface area contributed by atoms with E-state index in [1.54, 1.807) is 24.3 Å². The summed E-state index contributed by atoms with van der Waals surface area (Å²) in [6.45, 7) is 1.40. The summed E-state index contributed by atoms with van der Waals surface area (Å²) in [5.74, 6) is -1.93. The van der Waals surface area contributed by atoms with Crippen molar-refractivity contribution in [3.8, 4) is 0 Å². The van der Waals surface area contributed by atoms with Crippen LogP contribution < -0.4 is 5.32 Å². The fourth-order valence-corrected chi connectivity index (χ4v) is 2.28. The van der Waals surface area contributed by atoms with Gasteiger partial charge >= 0.3 is 5.97 Å². The van der Waals surface area contributed by atoms with Gasteiger partial charge in [0, 0.05) is 10.0 Å². The molecule has 1 atom stereocenters. The first-order valence-electron chi connectivity index (χ1n) is 7.05. The zero-order valence-corrected chi connectivity index (χ0v) is 14.2. The van der Waals surface area contributed by atoms with Crippen LogP contribution in [0.5, 0.6) is 0 Å². The number of carbonyl (C=O) groups is 2. The number of hydrogen-bond acceptors (Lipinski definition) is 3. The molecule has 2 rings (SSSR count). The number of carbonyl (C=O) groups excluding carboxylic acids is 2. The van der Waals surface area contributed by atoms with Gasteiger partial charge in [0.2, 0.25) is 0 Å². The lowest BCUT2D eigenvalue weighted by Gasteiger charge is -2.14. The van der Waals surface area contributed by atoms with Crippen molar-refractivity contribution in [2.75, 3.05) is 5.32 Å². The average Bonchev–Trinajstić information content (AvgIpc) is 2.52. The highest BCUT2D eigenvalue weighted by Gasteiger charge is 2.19. The van der Waals surface area contributed by atoms with E-state index in [2.05, 4.69) is 5.32 Å². The number of nitrogens with one attached hydrogen (secondary N) is 1. The van der Waals surface area contributed by atoms with Gasteiger partial charge in [-0.15, -0.1) is 0 Å². The Morgan fingerprint density at radius 1 is 1.21 bits per heavy atom. The first-order valence-corrected chi connectivity index (χ1v) is 7.81. The molecule has 2 aromatic carbocycles. The summed E-state index contributed by atoms with van der Waals surface area (Å²) in [4.78, 5) is 23.9. The van der Waals surface area contributed by atoms with Crippen LogP contribution in [0.25, 0.3) is 0 Å². The second kappa shape index (κ2) is 8.13. The SMILES string of the molecule is C[C@@H](OC(=O)Cc1ccccc1Cl)C(=O)Nc1ccc(Cl)cc1F. The third-order valence-electron chi connectivity index (χ3n) is 3.16. The number of halogens is 3. The van der Waals surface area contributed by atoms with E-state index in [9.17, 15) is 14.0 Å². The van der Waals surface area contributed by atoms with E-state index in [4.69, 9.17) is 27.9 Å². The lowest BCUT2D eigenvalue weighted by Crippen LogP contribution is -2.30. The molecular formula is C17H14Cl2FNO3. The Morgan fingerprint density at radius 2 is 1.92 bits per heavy atom. The van der Waals surface area contributed by atoms with Crippen molar-refractivity contribution in [1.82, 2.24) is 0 Å². The highest BCUT2D eigenvalue weighted by atomic mass is 35.5. The van der Waals surface area contributed by atoms with Gasteiger partial charge in [-0.1, -0.05) is 41.4 Å². The molecular weight excluding hydrogens is 356 g/mol. The van der Waals surface area contributed by atoms with Crippen molar-refractivity contribution >= 4 is 40.8 Å². The normalized spacial score (nSPS) is 11.7. The zero-order valence-electron chi connectivity index (χ0n) is 12.7. The van der Waals surface area contributed by atoms with Gasteiger partial charge in [-0.05, 0) is 36.8 Å². The van der Waals surface area contributed by atoms with Crippen molar-refractivity contribution in [2.24, 2.45) is 0 Å². The monoisotopic (exact) mass is 369 g/mol. The summed E-state index contributed by atoms with van der Waals surface area (Å²) in [5, 5.41) is 2.99. The lowest BCUT2D eigenvalue weighted by molar-refractivity contribution is -0.152. The quantitative estimate of drug-likeness (QED) is 0.801. The summed E-state index contributed by atoms with van der Waals surface area (Å²) < 4.78 is 18.7. The molecule has 0 aromatic heterocycles. The smallest absolute Gasteiger partial charge is 0.311 e. The van der Waals surface area contributed by atoms with Crippen LogP contribution >= 0.6 is 23.2 Å². The summed E-state index contributed by atoms with van der Waals surface area (Å²) in [6.07, 6.45) is -1.15. The van der Waals surface area contributed by atoms with E-state index in [-0.39, 0.29) is 17.1 Å². The van der Waals surface area contributed by atoms with Gasteiger partial charge in [0.1, 0.15) is 5.82 Å². The maximum Gasteiger partial charge on any atom is 0.311 e. The largest absolute Gasteiger partial charge is 0.452 e. The van der Waals surface area contributed by atoms with Gasteiger partial charge in [-0.3, -0.25) is 9.59 Å². The van der Waals surface area contributed by atoms with Crippen molar-refractivity contribution in [2.45, 2.75) is 19.4 Å². The standard InChI is InChI=1S/C17H14Cl2FNO3/c1-10(17(23)21-15-7-6-12(18)9-14(15)20)24-16(22)8-11-4-2-3-5-13(11)19/h2-7,9-10H,8H2,1H3,(H,21,23)/t10-/m1/s1. The minimum absolute atomic E-state index is 0.0431. The van der Waals surface area contributed by atoms with Crippen LogP contribution in [0.15, 0.2) is 42.5 Å². The molecule has 24 heavy (non-hydrogen) atoms. The number of esters is 1. The summed E-state index contributed by atoms with van der Waals surface area (Å²) in [7, 11) is 0. The zero-order chi connectivity index (χ0) is 17.7. The molecule has 0 aliphatic rings. The van der Waals surface area contributed by atoms with Crippen LogP contribution in [-0.2, 0) is 20.7 Å². The second-order valence-corrected chi connectivity index (χ2v) is 5.86. The number of anilines is 1. The fourth-order valence-electron chi connectivity index (χ4n) is 1.91. The van der Waals surface area contributed by atoms with Gasteiger partial charge in [-0.2, -0.15) is 0 Å². The third kappa shape index (κ3) is 4.94. The Hall–Kier alpha value is -2.11. The molecule has 7 heteroatoms. The third-order valence-corrected chi connectivity index (χ3v) is 3.76. The van der Waals surface area contributed by atoms with E-state index >= 15 is 0 Å². The predicted molar refractivity (Wildman–Crippen MR) is 90.7 cm³/mol. The van der Waals surface area contributed by atoms with Crippen LogP contribution in [0.1, 0.15) is 12.5 Å². The molecule has 0 saturated heterocycles. The van der Waals surface area contributed by atoms with Gasteiger partial charge in [-0.25, -0.2) is 4.39 Å². The van der Waals surface area contributed by atoms with Crippen LogP contribution in [0.2, 0.25) is 10.0 Å². The maximum atomic E-state index is 13.6. The number of rotatable bonds is 5. The second-order valence-electron chi connectivity index (χ2n) is 5.01. The topological polar surface area (TPSA) is 55.4 Å². The van der Waals surface area contributed by atoms with E-state index in [1.165, 1.54) is 19.1 Å². The van der Waals surface area contributed by atoms with E-state index in [0.29, 0.717) is 10.6 Å². The van der Waals surface area contributed by atoms with Crippen molar-refractivity contribution < 1.29 is 18.7 Å². The van der Waals surface area contributed by atoms with Crippen LogP contribution in [-0.4, -0.2) is 18.0 Å². The first kappa shape index (κ1) is 18.2. The Morgan fingerprint density at radius 3 is 2.58 bits per heavy atom. The van der Waals surface area contributed by atoms with Crippen LogP contribution in [0.4, 0.5) is 10.1 Å². The van der Waals surface area contributed by atoms with E-state index < -0.39 is 23.8 Å². The van der Waals surface area contributed by atoms with E-state index in [0.717, 1.165) is 6.07 Å². The summed E-state index contributed by atoms with van der Waals surface area (Å²) in [5.41, 5.74) is 0.555. The maximum absolute atomic E-state index is 13.6. The molecule has 4 nitrogen and oxygen atoms in total. The minimum atomic E-state index is -1.09. The molecule has 0 fully saturated rings. The van der Waals surface area contributed by atoms with Crippen molar-refractivity contribution in [3.05, 3.63) is 63.9 Å². The fraction of sp³-hybridized carbons (Fsp3) is 0.176. The summed E-state index contributed by atoms with van der Waals surface area (Å²) >= 11 is 11.6. The molecule has 1 amide bonds. The Kier molecular flexibility index (Phi) is 6.17. The predicted octanol–water partition coefficient (Wildman–Crippen LogP) is 4.25. The highest BCUT2D eigenvalue weighted by Crippen LogP contribution is 2.19. The molecule has 0 aliphatic carbocycles. The molecule has 1 N–H and O–H groups in total. The van der Waals surface area contributed by atoms with Crippen molar-refractivity contribution in [1.29, 1.82) is 0 Å². The van der Waals surface area contributed by atoms with Gasteiger partial charge in [0.05, 0.1) is 12.1 Å². The summed E-state index contributed by atoms with van der Waals surface area (Å²) in [6, 6.07) is 10.7. The molecule has 0 spiro atoms. The van der Waals surface area contributed by atoms with Crippen LogP contribution in [0.3, 0.4) is 0 Å². The minimum Gasteiger partial charge on any atom is -0.452 e.